The number of amides is 1. The highest BCUT2D eigenvalue weighted by molar-refractivity contribution is 7.93. The zero-order valence-corrected chi connectivity index (χ0v) is 15.1. The Kier molecular flexibility index (Phi) is 3.95. The van der Waals surface area contributed by atoms with Gasteiger partial charge in [-0.3, -0.25) is 9.10 Å². The average molecular weight is 358 g/mol. The molecule has 1 aliphatic heterocycles. The molecule has 0 atom stereocenters. The van der Waals surface area contributed by atoms with Crippen LogP contribution in [0.2, 0.25) is 0 Å². The van der Waals surface area contributed by atoms with Gasteiger partial charge in [-0.1, -0.05) is 31.2 Å². The van der Waals surface area contributed by atoms with E-state index >= 15 is 0 Å². The minimum Gasteiger partial charge on any atom is -0.341 e. The quantitative estimate of drug-likeness (QED) is 0.798. The average Bonchev–Trinajstić information content (AvgIpc) is 3.38. The van der Waals surface area contributed by atoms with Gasteiger partial charge in [0.1, 0.15) is 6.54 Å². The maximum Gasteiger partial charge on any atom is 0.265 e. The number of nitrogens with zero attached hydrogens (tertiary/aromatic N) is 2. The van der Waals surface area contributed by atoms with Gasteiger partial charge in [0, 0.05) is 18.5 Å². The molecule has 1 amide bonds. The first kappa shape index (κ1) is 16.4. The lowest BCUT2D eigenvalue weighted by Gasteiger charge is -2.26. The van der Waals surface area contributed by atoms with Crippen LogP contribution >= 0.6 is 0 Å². The van der Waals surface area contributed by atoms with E-state index in [0.29, 0.717) is 23.0 Å². The topological polar surface area (TPSA) is 57.7 Å². The first-order valence-corrected chi connectivity index (χ1v) is 10.3. The van der Waals surface area contributed by atoms with Crippen LogP contribution in [0.3, 0.4) is 0 Å². The molecular formula is C19H22N2O3S. The van der Waals surface area contributed by atoms with Crippen LogP contribution in [0.1, 0.15) is 26.2 Å². The van der Waals surface area contributed by atoms with Gasteiger partial charge in [-0.15, -0.1) is 0 Å². The van der Waals surface area contributed by atoms with Crippen LogP contribution in [0.5, 0.6) is 0 Å². The number of benzene rings is 2. The number of rotatable bonds is 6. The van der Waals surface area contributed by atoms with E-state index in [1.54, 1.807) is 18.2 Å². The standard InChI is InChI=1S/C19H22N2O3S/c1-2-11-20(12-14-9-10-14)18(22)13-21-16-7-3-5-15-6-4-8-17(19(15)16)25(21,23)24/h3-8,14H,2,9-13H2,1H3. The van der Waals surface area contributed by atoms with Crippen LogP contribution < -0.4 is 4.31 Å². The van der Waals surface area contributed by atoms with E-state index in [-0.39, 0.29) is 12.5 Å². The number of carbonyl (C=O) groups excluding carboxylic acids is 1. The Balaban J connectivity index is 1.66. The minimum atomic E-state index is -3.67. The Morgan fingerprint density at radius 2 is 1.92 bits per heavy atom. The van der Waals surface area contributed by atoms with Crippen LogP contribution in [-0.4, -0.2) is 38.9 Å². The summed E-state index contributed by atoms with van der Waals surface area (Å²) in [7, 11) is -3.67. The third-order valence-electron chi connectivity index (χ3n) is 4.98. The second-order valence-corrected chi connectivity index (χ2v) is 8.76. The van der Waals surface area contributed by atoms with Crippen molar-refractivity contribution in [1.82, 2.24) is 4.90 Å². The van der Waals surface area contributed by atoms with Gasteiger partial charge >= 0.3 is 0 Å². The van der Waals surface area contributed by atoms with E-state index in [1.807, 2.05) is 30.0 Å². The van der Waals surface area contributed by atoms with Crippen molar-refractivity contribution in [1.29, 1.82) is 0 Å². The molecule has 2 aromatic carbocycles. The summed E-state index contributed by atoms with van der Waals surface area (Å²) in [5.41, 5.74) is 0.615. The predicted octanol–water partition coefficient (Wildman–Crippen LogP) is 3.00. The number of sulfonamides is 1. The monoisotopic (exact) mass is 358 g/mol. The lowest BCUT2D eigenvalue weighted by atomic mass is 10.1. The van der Waals surface area contributed by atoms with Gasteiger partial charge in [-0.25, -0.2) is 8.42 Å². The van der Waals surface area contributed by atoms with Gasteiger partial charge in [0.2, 0.25) is 5.91 Å². The molecule has 4 rings (SSSR count). The summed E-state index contributed by atoms with van der Waals surface area (Å²) in [5, 5.41) is 1.61. The van der Waals surface area contributed by atoms with E-state index in [1.165, 1.54) is 17.1 Å². The van der Waals surface area contributed by atoms with Crippen LogP contribution in [0.4, 0.5) is 5.69 Å². The van der Waals surface area contributed by atoms with Crippen LogP contribution in [0.25, 0.3) is 10.8 Å². The van der Waals surface area contributed by atoms with Crippen LogP contribution in [0, 0.1) is 5.92 Å². The lowest BCUT2D eigenvalue weighted by molar-refractivity contribution is -0.129. The Labute approximate surface area is 148 Å². The fourth-order valence-electron chi connectivity index (χ4n) is 3.55. The smallest absolute Gasteiger partial charge is 0.265 e. The molecule has 1 aliphatic carbocycles. The summed E-state index contributed by atoms with van der Waals surface area (Å²) in [6.45, 7) is 3.34. The van der Waals surface area contributed by atoms with E-state index in [2.05, 4.69) is 0 Å². The van der Waals surface area contributed by atoms with Gasteiger partial charge < -0.3 is 4.90 Å². The van der Waals surface area contributed by atoms with Crippen molar-refractivity contribution in [3.8, 4) is 0 Å². The molecule has 2 aromatic rings. The normalized spacial score (nSPS) is 17.9. The summed E-state index contributed by atoms with van der Waals surface area (Å²) in [5.74, 6) is 0.480. The van der Waals surface area contributed by atoms with Gasteiger partial charge in [0.15, 0.2) is 0 Å². The first-order valence-electron chi connectivity index (χ1n) is 8.84. The molecule has 1 saturated carbocycles. The van der Waals surface area contributed by atoms with Crippen molar-refractivity contribution in [3.63, 3.8) is 0 Å². The highest BCUT2D eigenvalue weighted by atomic mass is 32.2. The molecule has 6 heteroatoms. The molecular weight excluding hydrogens is 336 g/mol. The number of carbonyl (C=O) groups is 1. The molecule has 0 spiro atoms. The molecule has 0 bridgehead atoms. The van der Waals surface area contributed by atoms with Crippen molar-refractivity contribution in [2.45, 2.75) is 31.1 Å². The van der Waals surface area contributed by atoms with Crippen molar-refractivity contribution >= 4 is 32.4 Å². The molecule has 5 nitrogen and oxygen atoms in total. The van der Waals surface area contributed by atoms with E-state index in [4.69, 9.17) is 0 Å². The number of hydrogen-bond donors (Lipinski definition) is 0. The van der Waals surface area contributed by atoms with Crippen LogP contribution in [0.15, 0.2) is 41.3 Å². The van der Waals surface area contributed by atoms with Gasteiger partial charge in [0.05, 0.1) is 10.6 Å². The van der Waals surface area contributed by atoms with Crippen LogP contribution in [-0.2, 0) is 14.8 Å². The molecule has 0 N–H and O–H groups in total. The summed E-state index contributed by atoms with van der Waals surface area (Å²) in [6.07, 6.45) is 3.21. The molecule has 0 unspecified atom stereocenters. The number of anilines is 1. The minimum absolute atomic E-state index is 0.109. The first-order chi connectivity index (χ1) is 12.0. The zero-order valence-electron chi connectivity index (χ0n) is 14.3. The second kappa shape index (κ2) is 6.02. The van der Waals surface area contributed by atoms with Crippen molar-refractivity contribution in [2.75, 3.05) is 23.9 Å². The molecule has 0 radical (unpaired) electrons. The molecule has 132 valence electrons. The van der Waals surface area contributed by atoms with Gasteiger partial charge in [-0.2, -0.15) is 0 Å². The summed E-state index contributed by atoms with van der Waals surface area (Å²) < 4.78 is 27.2. The Morgan fingerprint density at radius 3 is 2.60 bits per heavy atom. The molecule has 0 saturated heterocycles. The fourth-order valence-corrected chi connectivity index (χ4v) is 5.21. The molecule has 1 fully saturated rings. The number of hydrogen-bond acceptors (Lipinski definition) is 3. The Morgan fingerprint density at radius 1 is 1.20 bits per heavy atom. The lowest BCUT2D eigenvalue weighted by Crippen LogP contribution is -2.42. The van der Waals surface area contributed by atoms with E-state index in [0.717, 1.165) is 23.7 Å². The third-order valence-corrected chi connectivity index (χ3v) is 6.78. The van der Waals surface area contributed by atoms with E-state index < -0.39 is 10.0 Å². The fraction of sp³-hybridized carbons (Fsp3) is 0.421. The maximum absolute atomic E-state index is 13.0. The maximum atomic E-state index is 13.0. The summed E-state index contributed by atoms with van der Waals surface area (Å²) in [4.78, 5) is 15.0. The van der Waals surface area contributed by atoms with Crippen molar-refractivity contribution in [3.05, 3.63) is 36.4 Å². The second-order valence-electron chi connectivity index (χ2n) is 6.93. The molecule has 25 heavy (non-hydrogen) atoms. The highest BCUT2D eigenvalue weighted by Gasteiger charge is 2.37. The predicted molar refractivity (Wildman–Crippen MR) is 98.1 cm³/mol. The SMILES string of the molecule is CCCN(CC1CC1)C(=O)CN1c2cccc3cccc(c23)S1(=O)=O. The van der Waals surface area contributed by atoms with Crippen molar-refractivity contribution in [2.24, 2.45) is 5.92 Å². The zero-order chi connectivity index (χ0) is 17.6. The summed E-state index contributed by atoms with van der Waals surface area (Å²) >= 11 is 0. The Hall–Kier alpha value is -2.08. The highest BCUT2D eigenvalue weighted by Crippen LogP contribution is 2.41. The Bertz CT molecular complexity index is 930. The van der Waals surface area contributed by atoms with Crippen molar-refractivity contribution < 1.29 is 13.2 Å². The molecule has 1 heterocycles. The van der Waals surface area contributed by atoms with E-state index in [9.17, 15) is 13.2 Å². The summed E-state index contributed by atoms with van der Waals surface area (Å²) in [6, 6.07) is 10.8. The largest absolute Gasteiger partial charge is 0.341 e. The third kappa shape index (κ3) is 2.78. The van der Waals surface area contributed by atoms with Gasteiger partial charge in [-0.05, 0) is 42.7 Å². The van der Waals surface area contributed by atoms with Gasteiger partial charge in [0.25, 0.3) is 10.0 Å². The molecule has 0 aromatic heterocycles. The molecule has 2 aliphatic rings.